The third-order valence-electron chi connectivity index (χ3n) is 10.3. The van der Waals surface area contributed by atoms with Gasteiger partial charge in [-0.1, -0.05) is 152 Å². The minimum Gasteiger partial charge on any atom is -0.726 e. The molecule has 2 unspecified atom stereocenters. The molecule has 0 bridgehead atoms. The molecular formula is C45H49NO10S. The van der Waals surface area contributed by atoms with Crippen LogP contribution < -0.4 is 4.90 Å². The Morgan fingerprint density at radius 2 is 1.07 bits per heavy atom. The first-order valence-corrected chi connectivity index (χ1v) is 20.6. The lowest BCUT2D eigenvalue weighted by atomic mass is 9.92. The summed E-state index contributed by atoms with van der Waals surface area (Å²) in [6, 6.07) is 48.8. The number of likely N-dealkylation sites (tertiary alicyclic amines) is 1. The molecule has 11 nitrogen and oxygen atoms in total. The molecule has 0 saturated carbocycles. The summed E-state index contributed by atoms with van der Waals surface area (Å²) in [4.78, 5) is 0.953. The van der Waals surface area contributed by atoms with Crippen LogP contribution >= 0.6 is 0 Å². The largest absolute Gasteiger partial charge is 0.726 e. The first-order valence-electron chi connectivity index (χ1n) is 19.3. The van der Waals surface area contributed by atoms with Crippen LogP contribution in [0.2, 0.25) is 0 Å². The highest BCUT2D eigenvalue weighted by Crippen LogP contribution is 2.29. The number of hydrogen-bond donors (Lipinski definition) is 1. The van der Waals surface area contributed by atoms with E-state index in [0.29, 0.717) is 33.0 Å². The summed E-state index contributed by atoms with van der Waals surface area (Å²) in [5.41, 5.74) is 4.78. The Bertz CT molecular complexity index is 2010. The van der Waals surface area contributed by atoms with Gasteiger partial charge in [0.2, 0.25) is 10.4 Å². The Labute approximate surface area is 335 Å². The van der Waals surface area contributed by atoms with Crippen molar-refractivity contribution in [3.8, 4) is 0 Å². The second kappa shape index (κ2) is 20.4. The minimum atomic E-state index is -5.09. The normalized spacial score (nSPS) is 25.2. The molecule has 12 heteroatoms. The van der Waals surface area contributed by atoms with Gasteiger partial charge >= 0.3 is 0 Å². The molecule has 2 heterocycles. The summed E-state index contributed by atoms with van der Waals surface area (Å²) in [7, 11) is -5.09. The number of ether oxygens (including phenoxy) is 6. The molecule has 2 saturated heterocycles. The number of quaternary nitrogens is 1. The van der Waals surface area contributed by atoms with Crippen LogP contribution in [0.3, 0.4) is 0 Å². The Kier molecular flexibility index (Phi) is 14.6. The van der Waals surface area contributed by atoms with Crippen molar-refractivity contribution in [2.45, 2.75) is 69.3 Å². The molecule has 0 spiro atoms. The molecule has 2 aliphatic rings. The van der Waals surface area contributed by atoms with E-state index in [4.69, 9.17) is 32.6 Å². The molecule has 0 aromatic heterocycles. The summed E-state index contributed by atoms with van der Waals surface area (Å²) in [6.07, 6.45) is -4.45. The lowest BCUT2D eigenvalue weighted by Gasteiger charge is -2.47. The van der Waals surface area contributed by atoms with E-state index in [9.17, 15) is 13.0 Å². The van der Waals surface area contributed by atoms with Gasteiger partial charge in [-0.2, -0.15) is 0 Å². The van der Waals surface area contributed by atoms with Crippen molar-refractivity contribution in [1.29, 1.82) is 0 Å². The van der Waals surface area contributed by atoms with E-state index in [1.807, 2.05) is 152 Å². The Morgan fingerprint density at radius 3 is 1.60 bits per heavy atom. The van der Waals surface area contributed by atoms with Crippen molar-refractivity contribution in [3.63, 3.8) is 0 Å². The molecule has 2 aliphatic heterocycles. The standard InChI is InChI=1S/C45H49NO10S/c47-57(48,49)56-42-33-54-45(38-24-14-5-15-25-38)55-40(42)26-46-27-41(51-29-35-18-8-2-9-19-35)44(53-31-37-22-12-4-13-23-37)43(52-30-36-20-10-3-11-21-36)39(46)32-50-28-34-16-6-1-7-17-34/h1-25,39-45H,26-33H2,(H,47,48,49)/t39-,40-,41+,42+,43-,44-,45?/m1/s1. The first kappa shape index (κ1) is 40.9. The highest BCUT2D eigenvalue weighted by atomic mass is 32.3. The van der Waals surface area contributed by atoms with Gasteiger partial charge in [-0.05, 0) is 22.3 Å². The fourth-order valence-corrected chi connectivity index (χ4v) is 7.92. The Morgan fingerprint density at radius 1 is 0.596 bits per heavy atom. The highest BCUT2D eigenvalue weighted by molar-refractivity contribution is 7.80. The first-order chi connectivity index (χ1) is 27.9. The SMILES string of the molecule is O=S(=O)([O-])O[C@H]1COC(c2ccccc2)O[C@@H]1C[NH+]1C[C@H](OCc2ccccc2)[C@@H](OCc2ccccc2)[C@H](OCc2ccccc2)[C@H]1COCc1ccccc1. The fourth-order valence-electron chi connectivity index (χ4n) is 7.44. The molecule has 1 N–H and O–H groups in total. The van der Waals surface area contributed by atoms with Crippen molar-refractivity contribution >= 4 is 10.4 Å². The fraction of sp³-hybridized carbons (Fsp3) is 0.333. The maximum absolute atomic E-state index is 12.0. The number of benzene rings is 5. The third kappa shape index (κ3) is 12.1. The summed E-state index contributed by atoms with van der Waals surface area (Å²) >= 11 is 0. The molecule has 300 valence electrons. The van der Waals surface area contributed by atoms with E-state index >= 15 is 0 Å². The summed E-state index contributed by atoms with van der Waals surface area (Å²) in [6.45, 7) is 2.05. The van der Waals surface area contributed by atoms with E-state index in [0.717, 1.165) is 32.7 Å². The highest BCUT2D eigenvalue weighted by Gasteiger charge is 2.51. The van der Waals surface area contributed by atoms with Gasteiger partial charge in [0.25, 0.3) is 0 Å². The zero-order valence-corrected chi connectivity index (χ0v) is 32.4. The minimum absolute atomic E-state index is 0.168. The van der Waals surface area contributed by atoms with Crippen LogP contribution in [0, 0.1) is 0 Å². The smallest absolute Gasteiger partial charge is 0.218 e. The topological polar surface area (TPSA) is 126 Å². The monoisotopic (exact) mass is 795 g/mol. The number of piperidine rings is 1. The van der Waals surface area contributed by atoms with Crippen LogP contribution in [0.15, 0.2) is 152 Å². The van der Waals surface area contributed by atoms with Gasteiger partial charge in [0.05, 0.1) is 33.0 Å². The number of nitrogens with one attached hydrogen (secondary N) is 1. The maximum atomic E-state index is 12.0. The predicted octanol–water partition coefficient (Wildman–Crippen LogP) is 5.19. The third-order valence-corrected chi connectivity index (χ3v) is 10.7. The van der Waals surface area contributed by atoms with Crippen LogP contribution in [-0.2, 0) is 69.4 Å². The molecule has 0 aliphatic carbocycles. The van der Waals surface area contributed by atoms with Gasteiger partial charge in [0.15, 0.2) is 6.29 Å². The van der Waals surface area contributed by atoms with E-state index in [-0.39, 0.29) is 25.8 Å². The van der Waals surface area contributed by atoms with Crippen LogP contribution in [-0.4, -0.2) is 75.8 Å². The lowest BCUT2D eigenvalue weighted by molar-refractivity contribution is -0.943. The zero-order chi connectivity index (χ0) is 39.3. The van der Waals surface area contributed by atoms with E-state index < -0.39 is 47.2 Å². The van der Waals surface area contributed by atoms with Crippen molar-refractivity contribution in [1.82, 2.24) is 0 Å². The van der Waals surface area contributed by atoms with Gasteiger partial charge in [0.1, 0.15) is 56.3 Å². The maximum Gasteiger partial charge on any atom is 0.218 e. The molecule has 0 radical (unpaired) electrons. The van der Waals surface area contributed by atoms with Gasteiger partial charge in [-0.3, -0.25) is 4.18 Å². The Balaban J connectivity index is 1.24. The predicted molar refractivity (Wildman–Crippen MR) is 210 cm³/mol. The molecule has 57 heavy (non-hydrogen) atoms. The van der Waals surface area contributed by atoms with Crippen LogP contribution in [0.25, 0.3) is 0 Å². The van der Waals surface area contributed by atoms with Gasteiger partial charge in [0, 0.05) is 5.56 Å². The molecule has 0 amide bonds. The van der Waals surface area contributed by atoms with E-state index in [2.05, 4.69) is 0 Å². The molecular weight excluding hydrogens is 747 g/mol. The van der Waals surface area contributed by atoms with Crippen molar-refractivity contribution in [2.24, 2.45) is 0 Å². The van der Waals surface area contributed by atoms with Crippen molar-refractivity contribution < 1.29 is 50.5 Å². The van der Waals surface area contributed by atoms with Crippen LogP contribution in [0.4, 0.5) is 0 Å². The number of hydrogen-bond acceptors (Lipinski definition) is 10. The second-order valence-corrected chi connectivity index (χ2v) is 15.3. The van der Waals surface area contributed by atoms with Crippen LogP contribution in [0.5, 0.6) is 0 Å². The second-order valence-electron chi connectivity index (χ2n) is 14.3. The zero-order valence-electron chi connectivity index (χ0n) is 31.6. The number of rotatable bonds is 18. The summed E-state index contributed by atoms with van der Waals surface area (Å²) in [5.74, 6) is 0. The Hall–Kier alpha value is -4.31. The quantitative estimate of drug-likeness (QED) is 0.0937. The molecule has 5 aromatic carbocycles. The van der Waals surface area contributed by atoms with Gasteiger partial charge in [-0.25, -0.2) is 8.42 Å². The average molecular weight is 796 g/mol. The van der Waals surface area contributed by atoms with Crippen LogP contribution in [0.1, 0.15) is 34.1 Å². The molecule has 7 rings (SSSR count). The summed E-state index contributed by atoms with van der Waals surface area (Å²) in [5, 5.41) is 0. The lowest BCUT2D eigenvalue weighted by Crippen LogP contribution is -3.22. The van der Waals surface area contributed by atoms with Gasteiger partial charge < -0.3 is 37.9 Å². The average Bonchev–Trinajstić information content (AvgIpc) is 3.24. The van der Waals surface area contributed by atoms with E-state index in [1.54, 1.807) is 0 Å². The van der Waals surface area contributed by atoms with Crippen molar-refractivity contribution in [3.05, 3.63) is 179 Å². The molecule has 5 aromatic rings. The summed E-state index contributed by atoms with van der Waals surface area (Å²) < 4.78 is 80.7. The molecule has 8 atom stereocenters. The van der Waals surface area contributed by atoms with Gasteiger partial charge in [-0.15, -0.1) is 0 Å². The molecule has 2 fully saturated rings. The van der Waals surface area contributed by atoms with E-state index in [1.165, 1.54) is 0 Å². The van der Waals surface area contributed by atoms with Crippen molar-refractivity contribution in [2.75, 3.05) is 26.3 Å².